The minimum atomic E-state index is -1.44. The molecule has 1 saturated heterocycles. The second-order valence-corrected chi connectivity index (χ2v) is 9.48. The van der Waals surface area contributed by atoms with E-state index in [0.29, 0.717) is 0 Å². The third-order valence-corrected chi connectivity index (χ3v) is 6.70. The molecule has 12 nitrogen and oxygen atoms in total. The van der Waals surface area contributed by atoms with Gasteiger partial charge < -0.3 is 23.7 Å². The smallest absolute Gasteiger partial charge is 0.362 e. The normalized spacial score (nSPS) is 19.0. The Hall–Kier alpha value is -5.62. The van der Waals surface area contributed by atoms with Crippen LogP contribution in [0.25, 0.3) is 0 Å². The standard InChI is InChI=1S/C32H26N2O10/c1-40-32(39)24-27(35)34(18-17-33-24)28-26(44-31(38)22-15-9-4-10-16-22)25(43-30(37)21-13-7-3-8-14-21)23(42-28)19-41-29(36)20-11-5-2-6-12-20/h2-18,23,25-26,28H,19H2,1H3/t23-,25-,26+,28-/m1/s1. The first kappa shape index (κ1) is 29.9. The Morgan fingerprint density at radius 2 is 1.23 bits per heavy atom. The van der Waals surface area contributed by atoms with Crippen molar-refractivity contribution in [1.29, 1.82) is 0 Å². The van der Waals surface area contributed by atoms with Gasteiger partial charge in [-0.2, -0.15) is 0 Å². The van der Waals surface area contributed by atoms with E-state index < -0.39 is 66.3 Å². The molecule has 2 heterocycles. The van der Waals surface area contributed by atoms with Crippen LogP contribution >= 0.6 is 0 Å². The maximum atomic E-state index is 13.4. The van der Waals surface area contributed by atoms with Crippen LogP contribution in [-0.4, -0.2) is 65.5 Å². The van der Waals surface area contributed by atoms with Crippen LogP contribution in [0.5, 0.6) is 0 Å². The third-order valence-electron chi connectivity index (χ3n) is 6.70. The lowest BCUT2D eigenvalue weighted by atomic mass is 10.1. The molecular formula is C32H26N2O10. The van der Waals surface area contributed by atoms with E-state index in [-0.39, 0.29) is 16.7 Å². The summed E-state index contributed by atoms with van der Waals surface area (Å²) in [4.78, 5) is 68.7. The lowest BCUT2D eigenvalue weighted by molar-refractivity contribution is -0.0636. The maximum Gasteiger partial charge on any atom is 0.362 e. The second kappa shape index (κ2) is 13.6. The highest BCUT2D eigenvalue weighted by molar-refractivity contribution is 5.91. The number of ether oxygens (including phenoxy) is 5. The molecule has 3 aromatic carbocycles. The number of carbonyl (C=O) groups excluding carboxylic acids is 4. The molecule has 224 valence electrons. The number of nitrogens with zero attached hydrogens (tertiary/aromatic N) is 2. The number of hydrogen-bond acceptors (Lipinski definition) is 11. The SMILES string of the molecule is COC(=O)c1nccn([C@@H]2O[C@H](COC(=O)c3ccccc3)[C@@H](OC(=O)c3ccccc3)[C@@H]2OC(=O)c2ccccc2)c1=O. The number of carbonyl (C=O) groups is 4. The first-order valence-electron chi connectivity index (χ1n) is 13.4. The van der Waals surface area contributed by atoms with E-state index in [1.807, 2.05) is 0 Å². The molecule has 0 amide bonds. The van der Waals surface area contributed by atoms with E-state index in [9.17, 15) is 24.0 Å². The topological polar surface area (TPSA) is 149 Å². The largest absolute Gasteiger partial charge is 0.464 e. The first-order valence-corrected chi connectivity index (χ1v) is 13.4. The minimum absolute atomic E-state index is 0.177. The number of hydrogen-bond donors (Lipinski definition) is 0. The minimum Gasteiger partial charge on any atom is -0.464 e. The third kappa shape index (κ3) is 6.55. The summed E-state index contributed by atoms with van der Waals surface area (Å²) >= 11 is 0. The van der Waals surface area contributed by atoms with Gasteiger partial charge in [-0.15, -0.1) is 0 Å². The average molecular weight is 599 g/mol. The van der Waals surface area contributed by atoms with Gasteiger partial charge in [0.25, 0.3) is 5.56 Å². The lowest BCUT2D eigenvalue weighted by Gasteiger charge is -2.25. The number of rotatable bonds is 9. The molecule has 0 aliphatic carbocycles. The van der Waals surface area contributed by atoms with Gasteiger partial charge in [0.15, 0.2) is 18.4 Å². The van der Waals surface area contributed by atoms with E-state index in [1.165, 1.54) is 36.7 Å². The Labute approximate surface area is 250 Å². The van der Waals surface area contributed by atoms with Crippen molar-refractivity contribution in [3.63, 3.8) is 0 Å². The molecule has 0 spiro atoms. The summed E-state index contributed by atoms with van der Waals surface area (Å²) in [7, 11) is 1.09. The number of methoxy groups -OCH3 is 1. The molecule has 44 heavy (non-hydrogen) atoms. The summed E-state index contributed by atoms with van der Waals surface area (Å²) in [5, 5.41) is 0. The van der Waals surface area contributed by atoms with Crippen molar-refractivity contribution in [3.8, 4) is 0 Å². The van der Waals surface area contributed by atoms with Crippen molar-refractivity contribution in [2.45, 2.75) is 24.5 Å². The van der Waals surface area contributed by atoms with Crippen molar-refractivity contribution < 1.29 is 42.9 Å². The van der Waals surface area contributed by atoms with Gasteiger partial charge >= 0.3 is 23.9 Å². The summed E-state index contributed by atoms with van der Waals surface area (Å²) in [6, 6.07) is 24.3. The zero-order valence-corrected chi connectivity index (χ0v) is 23.3. The summed E-state index contributed by atoms with van der Waals surface area (Å²) < 4.78 is 28.9. The van der Waals surface area contributed by atoms with Crippen molar-refractivity contribution in [2.24, 2.45) is 0 Å². The molecule has 0 radical (unpaired) electrons. The van der Waals surface area contributed by atoms with E-state index in [2.05, 4.69) is 9.72 Å². The molecule has 1 aromatic heterocycles. The summed E-state index contributed by atoms with van der Waals surface area (Å²) in [6.07, 6.45) is -3.07. The highest BCUT2D eigenvalue weighted by Crippen LogP contribution is 2.35. The quantitative estimate of drug-likeness (QED) is 0.206. The Balaban J connectivity index is 1.53. The van der Waals surface area contributed by atoms with Gasteiger partial charge in [-0.25, -0.2) is 24.2 Å². The van der Waals surface area contributed by atoms with Crippen molar-refractivity contribution in [2.75, 3.05) is 13.7 Å². The van der Waals surface area contributed by atoms with Crippen LogP contribution < -0.4 is 5.56 Å². The Bertz CT molecular complexity index is 1690. The van der Waals surface area contributed by atoms with Crippen LogP contribution in [0.1, 0.15) is 47.8 Å². The van der Waals surface area contributed by atoms with Crippen molar-refractivity contribution in [1.82, 2.24) is 9.55 Å². The van der Waals surface area contributed by atoms with E-state index in [1.54, 1.807) is 66.7 Å². The molecule has 5 rings (SSSR count). The fraction of sp³-hybridized carbons (Fsp3) is 0.188. The molecule has 0 unspecified atom stereocenters. The Kier molecular flexibility index (Phi) is 9.21. The van der Waals surface area contributed by atoms with Gasteiger partial charge in [0.05, 0.1) is 23.8 Å². The maximum absolute atomic E-state index is 13.4. The predicted molar refractivity (Wildman–Crippen MR) is 152 cm³/mol. The van der Waals surface area contributed by atoms with Gasteiger partial charge in [-0.05, 0) is 36.4 Å². The van der Waals surface area contributed by atoms with Crippen LogP contribution in [0.2, 0.25) is 0 Å². The zero-order chi connectivity index (χ0) is 31.1. The molecule has 12 heteroatoms. The highest BCUT2D eigenvalue weighted by atomic mass is 16.7. The molecule has 4 aromatic rings. The number of aromatic nitrogens is 2. The molecule has 0 saturated carbocycles. The zero-order valence-electron chi connectivity index (χ0n) is 23.3. The Morgan fingerprint density at radius 3 is 1.75 bits per heavy atom. The summed E-state index contributed by atoms with van der Waals surface area (Å²) in [6.45, 7) is -0.444. The predicted octanol–water partition coefficient (Wildman–Crippen LogP) is 3.24. The first-order chi connectivity index (χ1) is 21.4. The molecule has 1 aliphatic rings. The van der Waals surface area contributed by atoms with Crippen LogP contribution in [0, 0.1) is 0 Å². The highest BCUT2D eigenvalue weighted by Gasteiger charge is 2.52. The average Bonchev–Trinajstić information content (AvgIpc) is 3.40. The van der Waals surface area contributed by atoms with Gasteiger partial charge in [0, 0.05) is 12.4 Å². The van der Waals surface area contributed by atoms with Crippen LogP contribution in [-0.2, 0) is 23.7 Å². The van der Waals surface area contributed by atoms with Gasteiger partial charge in [-0.1, -0.05) is 54.6 Å². The summed E-state index contributed by atoms with van der Waals surface area (Å²) in [5.74, 6) is -3.27. The molecule has 0 bridgehead atoms. The fourth-order valence-electron chi connectivity index (χ4n) is 4.54. The summed E-state index contributed by atoms with van der Waals surface area (Å²) in [5.41, 5.74) is -0.836. The Morgan fingerprint density at radius 1 is 0.727 bits per heavy atom. The van der Waals surface area contributed by atoms with Crippen molar-refractivity contribution in [3.05, 3.63) is 136 Å². The molecule has 1 fully saturated rings. The number of esters is 4. The van der Waals surface area contributed by atoms with E-state index in [0.717, 1.165) is 11.7 Å². The van der Waals surface area contributed by atoms with Crippen LogP contribution in [0.3, 0.4) is 0 Å². The number of benzene rings is 3. The van der Waals surface area contributed by atoms with Crippen LogP contribution in [0.15, 0.2) is 108 Å². The van der Waals surface area contributed by atoms with Gasteiger partial charge in [0.1, 0.15) is 12.7 Å². The van der Waals surface area contributed by atoms with E-state index >= 15 is 0 Å². The molecule has 0 N–H and O–H groups in total. The van der Waals surface area contributed by atoms with Crippen LogP contribution in [0.4, 0.5) is 0 Å². The second-order valence-electron chi connectivity index (χ2n) is 9.48. The monoisotopic (exact) mass is 598 g/mol. The van der Waals surface area contributed by atoms with Crippen molar-refractivity contribution >= 4 is 23.9 Å². The molecule has 1 aliphatic heterocycles. The van der Waals surface area contributed by atoms with Gasteiger partial charge in [-0.3, -0.25) is 9.36 Å². The fourth-order valence-corrected chi connectivity index (χ4v) is 4.54. The van der Waals surface area contributed by atoms with Gasteiger partial charge in [0.2, 0.25) is 5.69 Å². The molecule has 4 atom stereocenters. The molecular weight excluding hydrogens is 572 g/mol. The lowest BCUT2D eigenvalue weighted by Crippen LogP contribution is -2.42. The van der Waals surface area contributed by atoms with E-state index in [4.69, 9.17) is 18.9 Å².